The number of amides is 2. The van der Waals surface area contributed by atoms with Gasteiger partial charge in [0.1, 0.15) is 0 Å². The minimum atomic E-state index is -4.44. The number of para-hydroxylation sites is 1. The molecule has 0 saturated carbocycles. The molecule has 2 amide bonds. The summed E-state index contributed by atoms with van der Waals surface area (Å²) in [5, 5.41) is 2.52. The van der Waals surface area contributed by atoms with E-state index in [4.69, 9.17) is 4.74 Å². The van der Waals surface area contributed by atoms with Gasteiger partial charge in [0.2, 0.25) is 5.91 Å². The number of rotatable bonds is 5. The molecule has 0 spiro atoms. The summed E-state index contributed by atoms with van der Waals surface area (Å²) in [6.07, 6.45) is -4.44. The van der Waals surface area contributed by atoms with E-state index in [1.54, 1.807) is 6.07 Å². The molecule has 0 atom stereocenters. The van der Waals surface area contributed by atoms with Gasteiger partial charge in [0.05, 0.1) is 11.5 Å². The smallest absolute Gasteiger partial charge is 0.416 e. The molecule has 0 bridgehead atoms. The monoisotopic (exact) mass is 396 g/mol. The minimum absolute atomic E-state index is 0.0343. The molecule has 1 fully saturated rings. The summed E-state index contributed by atoms with van der Waals surface area (Å²) in [4.78, 5) is 25.5. The summed E-state index contributed by atoms with van der Waals surface area (Å²) in [6, 6.07) is 9.80. The Bertz CT molecular complexity index is 862. The van der Waals surface area contributed by atoms with Crippen molar-refractivity contribution in [1.29, 1.82) is 0 Å². The second-order valence-electron chi connectivity index (χ2n) is 6.28. The molecule has 0 unspecified atom stereocenters. The predicted molar refractivity (Wildman–Crippen MR) is 92.0 cm³/mol. The number of benzene rings is 2. The van der Waals surface area contributed by atoms with Gasteiger partial charge >= 0.3 is 6.18 Å². The SMILES string of the molecule is O=C(Nc1ccc(C(F)(F)F)cc1)C1CN(C(=O)COc2ccccc2F)C1. The Morgan fingerprint density at radius 1 is 1.07 bits per heavy atom. The number of carbonyl (C=O) groups excluding carboxylic acids is 2. The van der Waals surface area contributed by atoms with E-state index in [2.05, 4.69) is 5.32 Å². The van der Waals surface area contributed by atoms with Crippen LogP contribution in [0, 0.1) is 11.7 Å². The van der Waals surface area contributed by atoms with Crippen LogP contribution in [0.1, 0.15) is 5.56 Å². The normalized spacial score (nSPS) is 14.4. The number of ether oxygens (including phenoxy) is 1. The summed E-state index contributed by atoms with van der Waals surface area (Å²) >= 11 is 0. The molecule has 0 radical (unpaired) electrons. The van der Waals surface area contributed by atoms with Crippen molar-refractivity contribution in [2.24, 2.45) is 5.92 Å². The third kappa shape index (κ3) is 4.59. The van der Waals surface area contributed by atoms with E-state index in [0.717, 1.165) is 12.1 Å². The van der Waals surface area contributed by atoms with Crippen molar-refractivity contribution in [1.82, 2.24) is 4.90 Å². The Hall–Kier alpha value is -3.10. The Kier molecular flexibility index (Phi) is 5.53. The van der Waals surface area contributed by atoms with Crippen LogP contribution in [0.15, 0.2) is 48.5 Å². The van der Waals surface area contributed by atoms with Crippen LogP contribution >= 0.6 is 0 Å². The Morgan fingerprint density at radius 3 is 2.32 bits per heavy atom. The van der Waals surface area contributed by atoms with Crippen molar-refractivity contribution < 1.29 is 31.9 Å². The van der Waals surface area contributed by atoms with Crippen LogP contribution in [-0.4, -0.2) is 36.4 Å². The molecule has 1 saturated heterocycles. The third-order valence-corrected chi connectivity index (χ3v) is 4.27. The molecule has 2 aromatic rings. The average molecular weight is 396 g/mol. The summed E-state index contributed by atoms with van der Waals surface area (Å²) < 4.78 is 56.2. The second kappa shape index (κ2) is 7.87. The minimum Gasteiger partial charge on any atom is -0.481 e. The van der Waals surface area contributed by atoms with Gasteiger partial charge in [0, 0.05) is 18.8 Å². The zero-order valence-electron chi connectivity index (χ0n) is 14.5. The molecule has 28 heavy (non-hydrogen) atoms. The number of nitrogens with zero attached hydrogens (tertiary/aromatic N) is 1. The number of anilines is 1. The van der Waals surface area contributed by atoms with Crippen molar-refractivity contribution in [2.75, 3.05) is 25.0 Å². The van der Waals surface area contributed by atoms with E-state index < -0.39 is 23.5 Å². The number of alkyl halides is 3. The molecule has 0 aromatic heterocycles. The Balaban J connectivity index is 1.44. The first-order valence-corrected chi connectivity index (χ1v) is 8.37. The lowest BCUT2D eigenvalue weighted by Gasteiger charge is -2.38. The second-order valence-corrected chi connectivity index (χ2v) is 6.28. The van der Waals surface area contributed by atoms with Gasteiger partial charge in [-0.3, -0.25) is 9.59 Å². The van der Waals surface area contributed by atoms with Gasteiger partial charge in [-0.05, 0) is 36.4 Å². The number of carbonyl (C=O) groups is 2. The number of nitrogens with one attached hydrogen (secondary N) is 1. The fraction of sp³-hybridized carbons (Fsp3) is 0.263. The molecule has 9 heteroatoms. The van der Waals surface area contributed by atoms with Gasteiger partial charge in [-0.2, -0.15) is 13.2 Å². The average Bonchev–Trinajstić information content (AvgIpc) is 2.59. The molecule has 5 nitrogen and oxygen atoms in total. The maximum absolute atomic E-state index is 13.4. The molecule has 3 rings (SSSR count). The zero-order chi connectivity index (χ0) is 20.3. The first kappa shape index (κ1) is 19.7. The van der Waals surface area contributed by atoms with Crippen molar-refractivity contribution in [2.45, 2.75) is 6.18 Å². The van der Waals surface area contributed by atoms with E-state index >= 15 is 0 Å². The van der Waals surface area contributed by atoms with Crippen LogP contribution in [0.4, 0.5) is 23.2 Å². The van der Waals surface area contributed by atoms with Gasteiger partial charge in [-0.1, -0.05) is 12.1 Å². The number of hydrogen-bond acceptors (Lipinski definition) is 3. The quantitative estimate of drug-likeness (QED) is 0.789. The maximum atomic E-state index is 13.4. The predicted octanol–water partition coefficient (Wildman–Crippen LogP) is 3.32. The van der Waals surface area contributed by atoms with E-state index in [1.807, 2.05) is 0 Å². The number of hydrogen-bond donors (Lipinski definition) is 1. The van der Waals surface area contributed by atoms with Gasteiger partial charge in [-0.15, -0.1) is 0 Å². The van der Waals surface area contributed by atoms with E-state index in [-0.39, 0.29) is 42.9 Å². The highest BCUT2D eigenvalue weighted by Gasteiger charge is 2.36. The molecule has 148 valence electrons. The van der Waals surface area contributed by atoms with E-state index in [9.17, 15) is 27.2 Å². The first-order chi connectivity index (χ1) is 13.2. The van der Waals surface area contributed by atoms with Gasteiger partial charge < -0.3 is 15.0 Å². The van der Waals surface area contributed by atoms with Crippen LogP contribution in [0.25, 0.3) is 0 Å². The summed E-state index contributed by atoms with van der Waals surface area (Å²) in [7, 11) is 0. The Morgan fingerprint density at radius 2 is 1.71 bits per heavy atom. The molecule has 2 aromatic carbocycles. The van der Waals surface area contributed by atoms with Gasteiger partial charge in [-0.25, -0.2) is 4.39 Å². The van der Waals surface area contributed by atoms with E-state index in [1.165, 1.54) is 35.2 Å². The number of likely N-dealkylation sites (tertiary alicyclic amines) is 1. The fourth-order valence-electron chi connectivity index (χ4n) is 2.63. The highest BCUT2D eigenvalue weighted by molar-refractivity contribution is 5.94. The number of halogens is 4. The lowest BCUT2D eigenvalue weighted by atomic mass is 9.99. The standard InChI is InChI=1S/C19H16F4N2O3/c20-15-3-1-2-4-16(15)28-11-17(26)25-9-12(10-25)18(27)24-14-7-5-13(6-8-14)19(21,22)23/h1-8,12H,9-11H2,(H,24,27). The largest absolute Gasteiger partial charge is 0.481 e. The maximum Gasteiger partial charge on any atom is 0.416 e. The highest BCUT2D eigenvalue weighted by Crippen LogP contribution is 2.30. The lowest BCUT2D eigenvalue weighted by molar-refractivity contribution is -0.143. The van der Waals surface area contributed by atoms with Crippen molar-refractivity contribution in [3.05, 3.63) is 59.9 Å². The van der Waals surface area contributed by atoms with Crippen molar-refractivity contribution in [3.8, 4) is 5.75 Å². The van der Waals surface area contributed by atoms with Crippen molar-refractivity contribution in [3.63, 3.8) is 0 Å². The molecule has 1 aliphatic rings. The van der Waals surface area contributed by atoms with Crippen LogP contribution in [-0.2, 0) is 15.8 Å². The molecule has 1 aliphatic heterocycles. The topological polar surface area (TPSA) is 58.6 Å². The van der Waals surface area contributed by atoms with Crippen LogP contribution < -0.4 is 10.1 Å². The molecule has 1 N–H and O–H groups in total. The summed E-state index contributed by atoms with van der Waals surface area (Å²) in [5.74, 6) is -1.86. The molecular formula is C19H16F4N2O3. The highest BCUT2D eigenvalue weighted by atomic mass is 19.4. The van der Waals surface area contributed by atoms with Crippen molar-refractivity contribution >= 4 is 17.5 Å². The van der Waals surface area contributed by atoms with Crippen LogP contribution in [0.5, 0.6) is 5.75 Å². The summed E-state index contributed by atoms with van der Waals surface area (Å²) in [5.41, 5.74) is -0.563. The fourth-order valence-corrected chi connectivity index (χ4v) is 2.63. The van der Waals surface area contributed by atoms with Gasteiger partial charge in [0.25, 0.3) is 5.91 Å². The van der Waals surface area contributed by atoms with Crippen LogP contribution in [0.2, 0.25) is 0 Å². The summed E-state index contributed by atoms with van der Waals surface area (Å²) in [6.45, 7) is -0.0357. The van der Waals surface area contributed by atoms with E-state index in [0.29, 0.717) is 0 Å². The van der Waals surface area contributed by atoms with Crippen LogP contribution in [0.3, 0.4) is 0 Å². The molecular weight excluding hydrogens is 380 g/mol. The third-order valence-electron chi connectivity index (χ3n) is 4.27. The molecule has 0 aliphatic carbocycles. The van der Waals surface area contributed by atoms with Gasteiger partial charge in [0.15, 0.2) is 18.2 Å². The lowest BCUT2D eigenvalue weighted by Crippen LogP contribution is -2.55. The Labute approximate surface area is 157 Å². The first-order valence-electron chi connectivity index (χ1n) is 8.37. The molecule has 1 heterocycles. The zero-order valence-corrected chi connectivity index (χ0v) is 14.5.